The van der Waals surface area contributed by atoms with E-state index in [4.69, 9.17) is 0 Å². The number of hydrogen-bond donors (Lipinski definition) is 3. The summed E-state index contributed by atoms with van der Waals surface area (Å²) in [4.78, 5) is 34.5. The minimum Gasteiger partial charge on any atom is -0.505 e. The standard InChI is InChI=1S/C19H17FN4O3S/c1-11-2-4-13(28-11)9-22-19(27)16-7-15(23-10-24-16)18(26)21-8-12-3-5-14(20)17(25)6-12/h2-7,10,25H,8-9H2,1H3,(H,21,26)(H,22,27). The number of phenolic OH excluding ortho intramolecular Hbond substituents is 1. The molecule has 0 radical (unpaired) electrons. The summed E-state index contributed by atoms with van der Waals surface area (Å²) in [5.74, 6) is -2.16. The Hall–Kier alpha value is -3.33. The molecule has 1 aromatic carbocycles. The van der Waals surface area contributed by atoms with Gasteiger partial charge in [-0.2, -0.15) is 0 Å². The summed E-state index contributed by atoms with van der Waals surface area (Å²) in [5, 5.41) is 14.7. The zero-order valence-electron chi connectivity index (χ0n) is 14.9. The molecule has 0 saturated heterocycles. The molecule has 0 spiro atoms. The maximum atomic E-state index is 13.1. The van der Waals surface area contributed by atoms with Crippen LogP contribution in [0.25, 0.3) is 0 Å². The Morgan fingerprint density at radius 1 is 1.04 bits per heavy atom. The van der Waals surface area contributed by atoms with E-state index in [0.29, 0.717) is 12.1 Å². The van der Waals surface area contributed by atoms with Crippen molar-refractivity contribution in [3.63, 3.8) is 0 Å². The first kappa shape index (κ1) is 19.4. The van der Waals surface area contributed by atoms with Crippen molar-refractivity contribution in [2.24, 2.45) is 0 Å². The summed E-state index contributed by atoms with van der Waals surface area (Å²) in [7, 11) is 0. The molecule has 0 aliphatic rings. The number of benzene rings is 1. The number of hydrogen-bond acceptors (Lipinski definition) is 6. The minimum atomic E-state index is -0.737. The molecule has 0 saturated carbocycles. The Morgan fingerprint density at radius 3 is 2.32 bits per heavy atom. The molecule has 2 heterocycles. The van der Waals surface area contributed by atoms with Crippen LogP contribution in [0.5, 0.6) is 5.75 Å². The van der Waals surface area contributed by atoms with Gasteiger partial charge in [-0.15, -0.1) is 11.3 Å². The maximum absolute atomic E-state index is 13.1. The third-order valence-electron chi connectivity index (χ3n) is 3.82. The first-order chi connectivity index (χ1) is 13.4. The van der Waals surface area contributed by atoms with E-state index < -0.39 is 23.4 Å². The van der Waals surface area contributed by atoms with Crippen molar-refractivity contribution in [1.29, 1.82) is 0 Å². The van der Waals surface area contributed by atoms with Crippen molar-refractivity contribution in [1.82, 2.24) is 20.6 Å². The first-order valence-electron chi connectivity index (χ1n) is 8.33. The highest BCUT2D eigenvalue weighted by Crippen LogP contribution is 2.17. The molecule has 0 fully saturated rings. The van der Waals surface area contributed by atoms with E-state index in [0.717, 1.165) is 22.1 Å². The van der Waals surface area contributed by atoms with Gasteiger partial charge in [0.15, 0.2) is 11.6 Å². The van der Waals surface area contributed by atoms with E-state index in [9.17, 15) is 19.1 Å². The number of carbonyl (C=O) groups excluding carboxylic acids is 2. The number of phenols is 1. The molecule has 0 unspecified atom stereocenters. The zero-order valence-corrected chi connectivity index (χ0v) is 15.7. The largest absolute Gasteiger partial charge is 0.505 e. The van der Waals surface area contributed by atoms with Gasteiger partial charge in [0.25, 0.3) is 11.8 Å². The van der Waals surface area contributed by atoms with Gasteiger partial charge < -0.3 is 15.7 Å². The van der Waals surface area contributed by atoms with E-state index >= 15 is 0 Å². The van der Waals surface area contributed by atoms with Gasteiger partial charge in [0, 0.05) is 22.4 Å². The number of amides is 2. The predicted octanol–water partition coefficient (Wildman–Crippen LogP) is 2.55. The molecule has 3 N–H and O–H groups in total. The van der Waals surface area contributed by atoms with Gasteiger partial charge in [0.2, 0.25) is 0 Å². The van der Waals surface area contributed by atoms with E-state index in [1.807, 2.05) is 19.1 Å². The molecular formula is C19H17FN4O3S. The van der Waals surface area contributed by atoms with Crippen LogP contribution < -0.4 is 10.6 Å². The number of carbonyl (C=O) groups is 2. The van der Waals surface area contributed by atoms with Gasteiger partial charge in [-0.3, -0.25) is 9.59 Å². The Balaban J connectivity index is 1.60. The summed E-state index contributed by atoms with van der Waals surface area (Å²) in [5.41, 5.74) is 0.622. The predicted molar refractivity (Wildman–Crippen MR) is 101 cm³/mol. The second kappa shape index (κ2) is 8.57. The van der Waals surface area contributed by atoms with Crippen LogP contribution in [0.2, 0.25) is 0 Å². The number of halogens is 1. The fraction of sp³-hybridized carbons (Fsp3) is 0.158. The topological polar surface area (TPSA) is 104 Å². The maximum Gasteiger partial charge on any atom is 0.270 e. The lowest BCUT2D eigenvalue weighted by Gasteiger charge is -2.07. The van der Waals surface area contributed by atoms with Crippen molar-refractivity contribution in [2.45, 2.75) is 20.0 Å². The molecule has 2 aromatic heterocycles. The Labute approximate surface area is 164 Å². The molecule has 28 heavy (non-hydrogen) atoms. The number of aromatic nitrogens is 2. The van der Waals surface area contributed by atoms with Crippen molar-refractivity contribution >= 4 is 23.2 Å². The van der Waals surface area contributed by atoms with Crippen LogP contribution in [-0.2, 0) is 13.1 Å². The van der Waals surface area contributed by atoms with Crippen LogP contribution in [0.1, 0.15) is 36.3 Å². The van der Waals surface area contributed by atoms with Crippen LogP contribution in [0.15, 0.2) is 42.7 Å². The summed E-state index contributed by atoms with van der Waals surface area (Å²) >= 11 is 1.59. The SMILES string of the molecule is Cc1ccc(CNC(=O)c2cc(C(=O)NCc3ccc(F)c(O)c3)ncn2)s1. The van der Waals surface area contributed by atoms with E-state index in [-0.39, 0.29) is 17.9 Å². The molecule has 144 valence electrons. The van der Waals surface area contributed by atoms with Crippen LogP contribution in [-0.4, -0.2) is 26.9 Å². The summed E-state index contributed by atoms with van der Waals surface area (Å²) in [6.07, 6.45) is 1.14. The first-order valence-corrected chi connectivity index (χ1v) is 9.15. The molecule has 0 aliphatic heterocycles. The lowest BCUT2D eigenvalue weighted by molar-refractivity contribution is 0.0944. The number of thiophene rings is 1. The fourth-order valence-corrected chi connectivity index (χ4v) is 3.21. The second-order valence-corrected chi connectivity index (χ2v) is 7.32. The number of nitrogens with zero attached hydrogens (tertiary/aromatic N) is 2. The van der Waals surface area contributed by atoms with Gasteiger partial charge >= 0.3 is 0 Å². The molecule has 7 nitrogen and oxygen atoms in total. The third-order valence-corrected chi connectivity index (χ3v) is 4.82. The summed E-state index contributed by atoms with van der Waals surface area (Å²) in [6.45, 7) is 2.42. The van der Waals surface area contributed by atoms with Gasteiger partial charge in [-0.05, 0) is 36.8 Å². The number of nitrogens with one attached hydrogen (secondary N) is 2. The Kier molecular flexibility index (Phi) is 5.95. The van der Waals surface area contributed by atoms with Crippen LogP contribution in [0.3, 0.4) is 0 Å². The van der Waals surface area contributed by atoms with Crippen molar-refractivity contribution < 1.29 is 19.1 Å². The van der Waals surface area contributed by atoms with Gasteiger partial charge in [-0.25, -0.2) is 14.4 Å². The smallest absolute Gasteiger partial charge is 0.270 e. The normalized spacial score (nSPS) is 10.5. The quantitative estimate of drug-likeness (QED) is 0.590. The highest BCUT2D eigenvalue weighted by molar-refractivity contribution is 7.11. The fourth-order valence-electron chi connectivity index (χ4n) is 2.38. The number of rotatable bonds is 6. The minimum absolute atomic E-state index is 0.0263. The highest BCUT2D eigenvalue weighted by atomic mass is 32.1. The van der Waals surface area contributed by atoms with Crippen LogP contribution in [0, 0.1) is 12.7 Å². The average molecular weight is 400 g/mol. The van der Waals surface area contributed by atoms with E-state index in [1.165, 1.54) is 18.2 Å². The summed E-state index contributed by atoms with van der Waals surface area (Å²) < 4.78 is 13.1. The van der Waals surface area contributed by atoms with Crippen LogP contribution in [0.4, 0.5) is 4.39 Å². The molecule has 9 heteroatoms. The molecule has 2 amide bonds. The number of aromatic hydroxyl groups is 1. The number of aryl methyl sites for hydroxylation is 1. The molecule has 0 aliphatic carbocycles. The van der Waals surface area contributed by atoms with Gasteiger partial charge in [0.05, 0.1) is 6.54 Å². The van der Waals surface area contributed by atoms with Crippen molar-refractivity contribution in [3.05, 3.63) is 75.2 Å². The lowest BCUT2D eigenvalue weighted by atomic mass is 10.2. The molecule has 0 bridgehead atoms. The molecule has 3 rings (SSSR count). The summed E-state index contributed by atoms with van der Waals surface area (Å²) in [6, 6.07) is 8.99. The highest BCUT2D eigenvalue weighted by Gasteiger charge is 2.13. The average Bonchev–Trinajstić information content (AvgIpc) is 3.12. The van der Waals surface area contributed by atoms with Crippen LogP contribution >= 0.6 is 11.3 Å². The van der Waals surface area contributed by atoms with Gasteiger partial charge in [-0.1, -0.05) is 6.07 Å². The molecule has 3 aromatic rings. The van der Waals surface area contributed by atoms with Crippen molar-refractivity contribution in [3.8, 4) is 5.75 Å². The zero-order chi connectivity index (χ0) is 20.1. The van der Waals surface area contributed by atoms with E-state index in [1.54, 1.807) is 11.3 Å². The lowest BCUT2D eigenvalue weighted by Crippen LogP contribution is -2.26. The second-order valence-electron chi connectivity index (χ2n) is 5.95. The van der Waals surface area contributed by atoms with Gasteiger partial charge in [0.1, 0.15) is 17.7 Å². The third kappa shape index (κ3) is 4.89. The van der Waals surface area contributed by atoms with E-state index in [2.05, 4.69) is 20.6 Å². The van der Waals surface area contributed by atoms with Crippen molar-refractivity contribution in [2.75, 3.05) is 0 Å². The Morgan fingerprint density at radius 2 is 1.71 bits per heavy atom. The molecular weight excluding hydrogens is 383 g/mol. The molecule has 0 atom stereocenters. The Bertz CT molecular complexity index is 1020. The monoisotopic (exact) mass is 400 g/mol.